The minimum absolute atomic E-state index is 0.153. The molecule has 1 aromatic rings. The molecule has 1 aromatic carbocycles. The molecular weight excluding hydrogens is 345 g/mol. The van der Waals surface area contributed by atoms with E-state index < -0.39 is 0 Å². The van der Waals surface area contributed by atoms with Crippen LogP contribution in [0.1, 0.15) is 101 Å². The van der Waals surface area contributed by atoms with E-state index in [4.69, 9.17) is 5.26 Å². The molecule has 0 spiro atoms. The number of nitriles is 1. The quantitative estimate of drug-likeness (QED) is 0.347. The Hall–Kier alpha value is -1.62. The highest BCUT2D eigenvalue weighted by Gasteiger charge is 2.23. The van der Waals surface area contributed by atoms with Crippen LogP contribution in [0.2, 0.25) is 0 Å². The van der Waals surface area contributed by atoms with Crippen molar-refractivity contribution in [2.75, 3.05) is 0 Å². The summed E-state index contributed by atoms with van der Waals surface area (Å²) in [5, 5.41) is 8.89. The molecule has 0 saturated heterocycles. The van der Waals surface area contributed by atoms with Crippen LogP contribution < -0.4 is 0 Å². The summed E-state index contributed by atoms with van der Waals surface area (Å²) in [6.45, 7) is 2.29. The maximum absolute atomic E-state index is 13.9. The SMILES string of the molecule is CCCCC[C@H]1CC[C@H](/C=C/[C@H]2CC[C@H](c3ccc(C#N)c(F)c3)CC2)CC1. The smallest absolute Gasteiger partial charge is 0.141 e. The third-order valence-electron chi connectivity index (χ3n) is 7.12. The first-order valence-corrected chi connectivity index (χ1v) is 11.6. The first kappa shape index (κ1) is 21.1. The fourth-order valence-corrected chi connectivity index (χ4v) is 5.19. The lowest BCUT2D eigenvalue weighted by molar-refractivity contribution is 0.288. The monoisotopic (exact) mass is 381 g/mol. The highest BCUT2D eigenvalue weighted by Crippen LogP contribution is 2.38. The third kappa shape index (κ3) is 5.94. The Morgan fingerprint density at radius 2 is 1.61 bits per heavy atom. The molecule has 0 unspecified atom stereocenters. The lowest BCUT2D eigenvalue weighted by Crippen LogP contribution is -2.15. The van der Waals surface area contributed by atoms with E-state index in [0.29, 0.717) is 11.8 Å². The first-order valence-electron chi connectivity index (χ1n) is 11.6. The van der Waals surface area contributed by atoms with Gasteiger partial charge >= 0.3 is 0 Å². The van der Waals surface area contributed by atoms with Crippen molar-refractivity contribution in [1.82, 2.24) is 0 Å². The third-order valence-corrected chi connectivity index (χ3v) is 7.12. The van der Waals surface area contributed by atoms with Gasteiger partial charge in [0.05, 0.1) is 5.56 Å². The Kier molecular flexibility index (Phi) is 8.13. The topological polar surface area (TPSA) is 23.8 Å². The second-order valence-electron chi connectivity index (χ2n) is 9.12. The number of hydrogen-bond acceptors (Lipinski definition) is 1. The van der Waals surface area contributed by atoms with Crippen molar-refractivity contribution in [3.63, 3.8) is 0 Å². The van der Waals surface area contributed by atoms with E-state index in [-0.39, 0.29) is 11.4 Å². The molecule has 28 heavy (non-hydrogen) atoms. The van der Waals surface area contributed by atoms with Gasteiger partial charge in [0.25, 0.3) is 0 Å². The minimum Gasteiger partial charge on any atom is -0.206 e. The zero-order valence-electron chi connectivity index (χ0n) is 17.5. The maximum atomic E-state index is 13.9. The molecule has 0 aromatic heterocycles. The second kappa shape index (κ2) is 10.8. The number of allylic oxidation sites excluding steroid dienone is 2. The summed E-state index contributed by atoms with van der Waals surface area (Å²) in [7, 11) is 0. The van der Waals surface area contributed by atoms with Crippen molar-refractivity contribution in [2.45, 2.75) is 89.9 Å². The average Bonchev–Trinajstić information content (AvgIpc) is 2.74. The van der Waals surface area contributed by atoms with Gasteiger partial charge in [-0.05, 0) is 92.7 Å². The van der Waals surface area contributed by atoms with Gasteiger partial charge in [0.2, 0.25) is 0 Å². The lowest BCUT2D eigenvalue weighted by Gasteiger charge is -2.29. The number of nitrogens with zero attached hydrogens (tertiary/aromatic N) is 1. The summed E-state index contributed by atoms with van der Waals surface area (Å²) >= 11 is 0. The van der Waals surface area contributed by atoms with Gasteiger partial charge in [0.1, 0.15) is 11.9 Å². The molecule has 152 valence electrons. The van der Waals surface area contributed by atoms with Crippen LogP contribution in [0.3, 0.4) is 0 Å². The van der Waals surface area contributed by atoms with E-state index in [1.807, 2.05) is 12.1 Å². The average molecular weight is 382 g/mol. The number of rotatable bonds is 7. The van der Waals surface area contributed by atoms with E-state index in [0.717, 1.165) is 30.2 Å². The molecule has 3 rings (SSSR count). The van der Waals surface area contributed by atoms with Crippen LogP contribution in [0, 0.1) is 34.9 Å². The summed E-state index contributed by atoms with van der Waals surface area (Å²) in [4.78, 5) is 0. The summed E-state index contributed by atoms with van der Waals surface area (Å²) < 4.78 is 13.9. The first-order chi connectivity index (χ1) is 13.7. The van der Waals surface area contributed by atoms with Crippen LogP contribution in [0.4, 0.5) is 4.39 Å². The van der Waals surface area contributed by atoms with Crippen LogP contribution in [0.5, 0.6) is 0 Å². The molecule has 1 nitrogen and oxygen atoms in total. The molecule has 2 heteroatoms. The molecule has 0 radical (unpaired) electrons. The van der Waals surface area contributed by atoms with Gasteiger partial charge < -0.3 is 0 Å². The molecule has 0 N–H and O–H groups in total. The normalized spacial score (nSPS) is 28.3. The molecule has 2 saturated carbocycles. The summed E-state index contributed by atoms with van der Waals surface area (Å²) in [5.41, 5.74) is 1.22. The predicted molar refractivity (Wildman–Crippen MR) is 115 cm³/mol. The number of benzene rings is 1. The zero-order chi connectivity index (χ0) is 19.8. The number of hydrogen-bond donors (Lipinski definition) is 0. The van der Waals surface area contributed by atoms with E-state index in [1.54, 1.807) is 12.1 Å². The standard InChI is InChI=1S/C26H36FN/c1-2-3-4-5-20-6-8-21(9-7-20)10-11-22-12-14-23(15-13-22)24-16-17-25(19-28)26(27)18-24/h10-11,16-18,20-23H,2-9,12-15H2,1H3/b11-10+/t20-,21-,22-,23-. The molecule has 2 aliphatic rings. The van der Waals surface area contributed by atoms with Gasteiger partial charge in [-0.1, -0.05) is 50.8 Å². The Morgan fingerprint density at radius 1 is 0.964 bits per heavy atom. The Morgan fingerprint density at radius 3 is 2.18 bits per heavy atom. The van der Waals surface area contributed by atoms with Crippen molar-refractivity contribution in [3.8, 4) is 6.07 Å². The van der Waals surface area contributed by atoms with Crippen molar-refractivity contribution in [1.29, 1.82) is 5.26 Å². The highest BCUT2D eigenvalue weighted by molar-refractivity contribution is 5.35. The van der Waals surface area contributed by atoms with Crippen LogP contribution >= 0.6 is 0 Å². The van der Waals surface area contributed by atoms with Gasteiger partial charge in [-0.25, -0.2) is 4.39 Å². The van der Waals surface area contributed by atoms with Crippen molar-refractivity contribution >= 4 is 0 Å². The number of halogens is 1. The summed E-state index contributed by atoms with van der Waals surface area (Å²) in [6.07, 6.45) is 20.9. The minimum atomic E-state index is -0.368. The van der Waals surface area contributed by atoms with Crippen molar-refractivity contribution < 1.29 is 4.39 Å². The molecule has 0 heterocycles. The van der Waals surface area contributed by atoms with Crippen LogP contribution in [0.15, 0.2) is 30.4 Å². The Labute approximate surface area is 171 Å². The van der Waals surface area contributed by atoms with E-state index >= 15 is 0 Å². The van der Waals surface area contributed by atoms with Crippen LogP contribution in [-0.2, 0) is 0 Å². The summed E-state index contributed by atoms with van der Waals surface area (Å²) in [5.74, 6) is 2.56. The lowest BCUT2D eigenvalue weighted by atomic mass is 9.76. The molecule has 0 amide bonds. The van der Waals surface area contributed by atoms with E-state index in [1.165, 1.54) is 64.2 Å². The molecule has 0 aliphatic heterocycles. The van der Waals surface area contributed by atoms with Crippen molar-refractivity contribution in [3.05, 3.63) is 47.3 Å². The second-order valence-corrected chi connectivity index (χ2v) is 9.12. The van der Waals surface area contributed by atoms with Gasteiger partial charge in [0.15, 0.2) is 0 Å². The van der Waals surface area contributed by atoms with Gasteiger partial charge in [-0.15, -0.1) is 0 Å². The van der Waals surface area contributed by atoms with Crippen LogP contribution in [-0.4, -0.2) is 0 Å². The molecule has 2 fully saturated rings. The van der Waals surface area contributed by atoms with Crippen LogP contribution in [0.25, 0.3) is 0 Å². The van der Waals surface area contributed by atoms with E-state index in [2.05, 4.69) is 19.1 Å². The molecule has 2 aliphatic carbocycles. The van der Waals surface area contributed by atoms with Gasteiger partial charge in [0, 0.05) is 0 Å². The zero-order valence-corrected chi connectivity index (χ0v) is 17.5. The molecule has 0 bridgehead atoms. The summed E-state index contributed by atoms with van der Waals surface area (Å²) in [6, 6.07) is 7.07. The fourth-order valence-electron chi connectivity index (χ4n) is 5.19. The largest absolute Gasteiger partial charge is 0.206 e. The highest BCUT2D eigenvalue weighted by atomic mass is 19.1. The Bertz CT molecular complexity index is 670. The van der Waals surface area contributed by atoms with E-state index in [9.17, 15) is 4.39 Å². The molecule has 0 atom stereocenters. The van der Waals surface area contributed by atoms with Gasteiger partial charge in [-0.2, -0.15) is 5.26 Å². The van der Waals surface area contributed by atoms with Crippen molar-refractivity contribution in [2.24, 2.45) is 17.8 Å². The van der Waals surface area contributed by atoms with Gasteiger partial charge in [-0.3, -0.25) is 0 Å². The fraction of sp³-hybridized carbons (Fsp3) is 0.654. The Balaban J connectivity index is 1.40. The maximum Gasteiger partial charge on any atom is 0.141 e. The molecular formula is C26H36FN. The number of unbranched alkanes of at least 4 members (excludes halogenated alkanes) is 2. The predicted octanol–water partition coefficient (Wildman–Crippen LogP) is 7.91.